The van der Waals surface area contributed by atoms with Gasteiger partial charge in [-0.25, -0.2) is 0 Å². The highest BCUT2D eigenvalue weighted by Gasteiger charge is 2.34. The lowest BCUT2D eigenvalue weighted by molar-refractivity contribution is 0.0979. The van der Waals surface area contributed by atoms with E-state index in [-0.39, 0.29) is 28.6 Å². The zero-order valence-corrected chi connectivity index (χ0v) is 26.9. The number of anilines is 2. The number of aryl methyl sites for hydroxylation is 1. The van der Waals surface area contributed by atoms with Crippen molar-refractivity contribution in [3.8, 4) is 11.1 Å². The van der Waals surface area contributed by atoms with Gasteiger partial charge in [-0.2, -0.15) is 0 Å². The molecule has 0 aliphatic heterocycles. The highest BCUT2D eigenvalue weighted by atomic mass is 16.2. The van der Waals surface area contributed by atoms with Crippen molar-refractivity contribution >= 4 is 28.8 Å². The second-order valence-electron chi connectivity index (χ2n) is 12.2. The quantitative estimate of drug-likeness (QED) is 0.126. The molecular weight excluding hydrogens is 580 g/mol. The molecule has 2 N–H and O–H groups in total. The molecule has 0 heterocycles. The van der Waals surface area contributed by atoms with Crippen LogP contribution in [-0.2, 0) is 13.0 Å². The van der Waals surface area contributed by atoms with Crippen molar-refractivity contribution in [2.24, 2.45) is 0 Å². The summed E-state index contributed by atoms with van der Waals surface area (Å²) in [5.74, 6) is -0.884. The van der Waals surface area contributed by atoms with Crippen molar-refractivity contribution in [1.29, 1.82) is 0 Å². The molecule has 1 amide bonds. The predicted octanol–water partition coefficient (Wildman–Crippen LogP) is 9.90. The van der Waals surface area contributed by atoms with Crippen LogP contribution in [-0.4, -0.2) is 17.5 Å². The summed E-state index contributed by atoms with van der Waals surface area (Å²) in [6, 6.07) is 36.3. The van der Waals surface area contributed by atoms with E-state index in [1.165, 1.54) is 44.1 Å². The van der Waals surface area contributed by atoms with E-state index in [0.717, 1.165) is 23.1 Å². The average molecular weight is 621 g/mol. The van der Waals surface area contributed by atoms with Crippen molar-refractivity contribution < 1.29 is 14.4 Å². The third kappa shape index (κ3) is 7.25. The highest BCUT2D eigenvalue weighted by molar-refractivity contribution is 6.32. The molecule has 47 heavy (non-hydrogen) atoms. The summed E-state index contributed by atoms with van der Waals surface area (Å²) in [5, 5.41) is 6.27. The number of benzene rings is 5. The number of amides is 1. The van der Waals surface area contributed by atoms with Crippen molar-refractivity contribution in [2.45, 2.75) is 58.4 Å². The molecule has 0 aromatic heterocycles. The Kier molecular flexibility index (Phi) is 10.0. The Labute approximate surface area is 277 Å². The Bertz CT molecular complexity index is 1880. The van der Waals surface area contributed by atoms with E-state index < -0.39 is 0 Å². The molecule has 1 aliphatic rings. The van der Waals surface area contributed by atoms with Crippen molar-refractivity contribution in [2.75, 3.05) is 10.6 Å². The maximum Gasteiger partial charge on any atom is 0.255 e. The van der Waals surface area contributed by atoms with Crippen molar-refractivity contribution in [3.05, 3.63) is 154 Å². The zero-order chi connectivity index (χ0) is 32.6. The minimum atomic E-state index is -0.350. The molecule has 236 valence electrons. The fraction of sp³-hybridized carbons (Fsp3) is 0.214. The number of carbonyl (C=O) groups is 3. The van der Waals surface area contributed by atoms with Gasteiger partial charge in [-0.3, -0.25) is 14.4 Å². The van der Waals surface area contributed by atoms with Gasteiger partial charge >= 0.3 is 0 Å². The van der Waals surface area contributed by atoms with Gasteiger partial charge in [-0.05, 0) is 59.4 Å². The van der Waals surface area contributed by atoms with E-state index in [0.29, 0.717) is 34.6 Å². The van der Waals surface area contributed by atoms with Gasteiger partial charge in [-0.1, -0.05) is 130 Å². The second-order valence-corrected chi connectivity index (χ2v) is 12.2. The predicted molar refractivity (Wildman–Crippen MR) is 190 cm³/mol. The third-order valence-electron chi connectivity index (χ3n) is 8.90. The largest absolute Gasteiger partial charge is 0.380 e. The Morgan fingerprint density at radius 3 is 1.77 bits per heavy atom. The SMILES string of the molecule is CCCCCCCCc1ccc(-c2ccc(C(=O)Nc3ccc(NCc4ccccc4)c4c3C(=O)c3ccccc3C4=O)cc2)cc1. The molecule has 0 bridgehead atoms. The zero-order valence-electron chi connectivity index (χ0n) is 26.9. The number of unbranched alkanes of at least 4 members (excludes halogenated alkanes) is 5. The van der Waals surface area contributed by atoms with Crippen molar-refractivity contribution in [3.63, 3.8) is 0 Å². The number of nitrogens with one attached hydrogen (secondary N) is 2. The molecule has 6 rings (SSSR count). The minimum Gasteiger partial charge on any atom is -0.380 e. The molecule has 0 atom stereocenters. The first-order chi connectivity index (χ1) is 23.0. The summed E-state index contributed by atoms with van der Waals surface area (Å²) < 4.78 is 0. The number of rotatable bonds is 13. The van der Waals surface area contributed by atoms with E-state index in [2.05, 4.69) is 41.8 Å². The third-order valence-corrected chi connectivity index (χ3v) is 8.90. The lowest BCUT2D eigenvalue weighted by atomic mass is 9.82. The highest BCUT2D eigenvalue weighted by Crippen LogP contribution is 2.37. The van der Waals surface area contributed by atoms with Crippen LogP contribution in [0.5, 0.6) is 0 Å². The van der Waals surface area contributed by atoms with Gasteiger partial charge in [0.05, 0.1) is 16.8 Å². The van der Waals surface area contributed by atoms with E-state index in [1.54, 1.807) is 48.5 Å². The maximum atomic E-state index is 13.8. The molecule has 5 aromatic rings. The summed E-state index contributed by atoms with van der Waals surface area (Å²) in [6.45, 7) is 2.73. The van der Waals surface area contributed by atoms with Crippen LogP contribution in [0.2, 0.25) is 0 Å². The first kappa shape index (κ1) is 31.7. The van der Waals surface area contributed by atoms with Gasteiger partial charge < -0.3 is 10.6 Å². The van der Waals surface area contributed by atoms with Crippen LogP contribution in [0.25, 0.3) is 11.1 Å². The van der Waals surface area contributed by atoms with Gasteiger partial charge in [0.25, 0.3) is 5.91 Å². The maximum absolute atomic E-state index is 13.8. The Morgan fingerprint density at radius 2 is 1.11 bits per heavy atom. The first-order valence-electron chi connectivity index (χ1n) is 16.7. The molecule has 0 spiro atoms. The number of carbonyl (C=O) groups excluding carboxylic acids is 3. The molecule has 0 unspecified atom stereocenters. The van der Waals surface area contributed by atoms with Gasteiger partial charge in [0.15, 0.2) is 11.6 Å². The van der Waals surface area contributed by atoms with E-state index in [1.807, 2.05) is 42.5 Å². The summed E-state index contributed by atoms with van der Waals surface area (Å²) in [5.41, 5.74) is 7.02. The smallest absolute Gasteiger partial charge is 0.255 e. The summed E-state index contributed by atoms with van der Waals surface area (Å²) in [6.07, 6.45) is 8.84. The number of fused-ring (bicyclic) bond motifs is 2. The van der Waals surface area contributed by atoms with E-state index >= 15 is 0 Å². The fourth-order valence-electron chi connectivity index (χ4n) is 6.25. The van der Waals surface area contributed by atoms with Gasteiger partial charge in [0.2, 0.25) is 0 Å². The minimum absolute atomic E-state index is 0.206. The number of hydrogen-bond donors (Lipinski definition) is 2. The van der Waals surface area contributed by atoms with Crippen LogP contribution in [0.3, 0.4) is 0 Å². The lowest BCUT2D eigenvalue weighted by Gasteiger charge is -2.23. The Morgan fingerprint density at radius 1 is 0.553 bits per heavy atom. The Balaban J connectivity index is 1.18. The van der Waals surface area contributed by atoms with Gasteiger partial charge in [-0.15, -0.1) is 0 Å². The molecular formula is C42H40N2O3. The van der Waals surface area contributed by atoms with Gasteiger partial charge in [0.1, 0.15) is 0 Å². The van der Waals surface area contributed by atoms with Crippen LogP contribution < -0.4 is 10.6 Å². The molecule has 0 saturated heterocycles. The average Bonchev–Trinajstić information content (AvgIpc) is 3.12. The summed E-state index contributed by atoms with van der Waals surface area (Å²) in [4.78, 5) is 41.1. The normalized spacial score (nSPS) is 11.9. The molecule has 1 aliphatic carbocycles. The van der Waals surface area contributed by atoms with Gasteiger partial charge in [0, 0.05) is 28.9 Å². The van der Waals surface area contributed by atoms with E-state index in [4.69, 9.17) is 0 Å². The first-order valence-corrected chi connectivity index (χ1v) is 16.7. The van der Waals surface area contributed by atoms with Crippen LogP contribution in [0.4, 0.5) is 11.4 Å². The number of hydrogen-bond acceptors (Lipinski definition) is 4. The molecule has 5 nitrogen and oxygen atoms in total. The van der Waals surface area contributed by atoms with Crippen LogP contribution in [0.15, 0.2) is 115 Å². The molecule has 0 fully saturated rings. The van der Waals surface area contributed by atoms with Crippen LogP contribution >= 0.6 is 0 Å². The summed E-state index contributed by atoms with van der Waals surface area (Å²) >= 11 is 0. The van der Waals surface area contributed by atoms with Crippen LogP contribution in [0.1, 0.15) is 98.8 Å². The molecule has 0 radical (unpaired) electrons. The van der Waals surface area contributed by atoms with E-state index in [9.17, 15) is 14.4 Å². The lowest BCUT2D eigenvalue weighted by Crippen LogP contribution is -2.25. The standard InChI is InChI=1S/C42H40N2O3/c1-2-3-4-5-6-8-13-29-18-20-31(21-19-29)32-22-24-33(25-23-32)42(47)44-37-27-26-36(43-28-30-14-9-7-10-15-30)38-39(37)41(46)35-17-12-11-16-34(35)40(38)45/h7,9-12,14-27,43H,2-6,8,13,28H2,1H3,(H,44,47). The monoisotopic (exact) mass is 620 g/mol. The molecule has 5 aromatic carbocycles. The molecule has 5 heteroatoms. The molecule has 0 saturated carbocycles. The summed E-state index contributed by atoms with van der Waals surface area (Å²) in [7, 11) is 0. The topological polar surface area (TPSA) is 75.3 Å². The van der Waals surface area contributed by atoms with Crippen molar-refractivity contribution in [1.82, 2.24) is 0 Å². The second kappa shape index (κ2) is 14.9. The Hall–Kier alpha value is -5.29. The number of ketones is 2. The van der Waals surface area contributed by atoms with Crippen LogP contribution in [0, 0.1) is 0 Å². The fourth-order valence-corrected chi connectivity index (χ4v) is 6.25.